The molecular formula is C18H14ClNO3. The van der Waals surface area contributed by atoms with Gasteiger partial charge in [-0.25, -0.2) is 9.36 Å². The summed E-state index contributed by atoms with van der Waals surface area (Å²) in [4.78, 5) is 24.9. The standard InChI is InChI=1S/C18H14ClNO3/c1-12-16(11-13-5-3-2-4-6-13)17(21)20(18(22)23-12)15-9-7-14(19)8-10-15/h2-10H,11H2,1H3. The number of hydrogen-bond donors (Lipinski definition) is 0. The van der Waals surface area contributed by atoms with E-state index in [4.69, 9.17) is 16.0 Å². The summed E-state index contributed by atoms with van der Waals surface area (Å²) in [6, 6.07) is 16.0. The van der Waals surface area contributed by atoms with Crippen molar-refractivity contribution in [2.75, 3.05) is 0 Å². The lowest BCUT2D eigenvalue weighted by atomic mass is 10.1. The van der Waals surface area contributed by atoms with Gasteiger partial charge in [-0.05, 0) is 36.8 Å². The zero-order chi connectivity index (χ0) is 16.4. The number of aryl methyl sites for hydroxylation is 1. The van der Waals surface area contributed by atoms with E-state index in [0.29, 0.717) is 28.5 Å². The van der Waals surface area contributed by atoms with Gasteiger partial charge in [0.2, 0.25) is 0 Å². The predicted molar refractivity (Wildman–Crippen MR) is 89.6 cm³/mol. The minimum absolute atomic E-state index is 0.342. The van der Waals surface area contributed by atoms with E-state index in [1.165, 1.54) is 0 Å². The van der Waals surface area contributed by atoms with Crippen molar-refractivity contribution in [1.82, 2.24) is 4.57 Å². The van der Waals surface area contributed by atoms with Crippen LogP contribution in [0.2, 0.25) is 5.02 Å². The molecule has 0 spiro atoms. The molecule has 0 unspecified atom stereocenters. The summed E-state index contributed by atoms with van der Waals surface area (Å²) in [6.45, 7) is 1.63. The first-order chi connectivity index (χ1) is 11.1. The van der Waals surface area contributed by atoms with Crippen molar-refractivity contribution in [3.8, 4) is 5.69 Å². The van der Waals surface area contributed by atoms with Gasteiger partial charge in [-0.3, -0.25) is 4.79 Å². The summed E-state index contributed by atoms with van der Waals surface area (Å²) >= 11 is 5.85. The number of nitrogens with zero attached hydrogens (tertiary/aromatic N) is 1. The molecular weight excluding hydrogens is 314 g/mol. The second-order valence-corrected chi connectivity index (χ2v) is 5.62. The van der Waals surface area contributed by atoms with Crippen molar-refractivity contribution < 1.29 is 4.42 Å². The fraction of sp³-hybridized carbons (Fsp3) is 0.111. The van der Waals surface area contributed by atoms with Crippen LogP contribution in [0.4, 0.5) is 0 Å². The summed E-state index contributed by atoms with van der Waals surface area (Å²) < 4.78 is 6.28. The molecule has 23 heavy (non-hydrogen) atoms. The highest BCUT2D eigenvalue weighted by Gasteiger charge is 2.15. The van der Waals surface area contributed by atoms with Crippen molar-refractivity contribution in [1.29, 1.82) is 0 Å². The molecule has 0 amide bonds. The van der Waals surface area contributed by atoms with Crippen molar-refractivity contribution in [2.45, 2.75) is 13.3 Å². The Kier molecular flexibility index (Phi) is 4.17. The van der Waals surface area contributed by atoms with E-state index >= 15 is 0 Å². The molecule has 3 rings (SSSR count). The molecule has 0 radical (unpaired) electrons. The van der Waals surface area contributed by atoms with E-state index < -0.39 is 5.76 Å². The third-order valence-electron chi connectivity index (χ3n) is 3.62. The molecule has 0 aliphatic heterocycles. The SMILES string of the molecule is Cc1oc(=O)n(-c2ccc(Cl)cc2)c(=O)c1Cc1ccccc1. The first kappa shape index (κ1) is 15.3. The zero-order valence-electron chi connectivity index (χ0n) is 12.5. The molecule has 0 aliphatic rings. The van der Waals surface area contributed by atoms with Crippen LogP contribution in [-0.4, -0.2) is 4.57 Å². The highest BCUT2D eigenvalue weighted by atomic mass is 35.5. The minimum Gasteiger partial charge on any atom is -0.414 e. The van der Waals surface area contributed by atoms with Crippen LogP contribution in [0.25, 0.3) is 5.69 Å². The van der Waals surface area contributed by atoms with Crippen LogP contribution in [0.5, 0.6) is 0 Å². The molecule has 116 valence electrons. The molecule has 5 heteroatoms. The monoisotopic (exact) mass is 327 g/mol. The van der Waals surface area contributed by atoms with E-state index in [1.54, 1.807) is 31.2 Å². The first-order valence-electron chi connectivity index (χ1n) is 7.12. The van der Waals surface area contributed by atoms with Gasteiger partial charge in [0.25, 0.3) is 5.56 Å². The van der Waals surface area contributed by atoms with Crippen LogP contribution in [0, 0.1) is 6.92 Å². The van der Waals surface area contributed by atoms with E-state index in [2.05, 4.69) is 0 Å². The summed E-state index contributed by atoms with van der Waals surface area (Å²) in [5.74, 6) is -0.360. The van der Waals surface area contributed by atoms with Crippen LogP contribution in [0.1, 0.15) is 16.9 Å². The number of hydrogen-bond acceptors (Lipinski definition) is 3. The van der Waals surface area contributed by atoms with Gasteiger partial charge in [-0.1, -0.05) is 41.9 Å². The summed E-state index contributed by atoms with van der Waals surface area (Å²) in [7, 11) is 0. The van der Waals surface area contributed by atoms with E-state index in [0.717, 1.165) is 10.1 Å². The number of rotatable bonds is 3. The Labute approximate surface area is 137 Å². The van der Waals surface area contributed by atoms with Gasteiger partial charge >= 0.3 is 5.76 Å². The summed E-state index contributed by atoms with van der Waals surface area (Å²) in [5, 5.41) is 0.530. The zero-order valence-corrected chi connectivity index (χ0v) is 13.2. The maximum Gasteiger partial charge on any atom is 0.426 e. The molecule has 2 aromatic carbocycles. The predicted octanol–water partition coefficient (Wildman–Crippen LogP) is 3.34. The second-order valence-electron chi connectivity index (χ2n) is 5.18. The highest BCUT2D eigenvalue weighted by Crippen LogP contribution is 2.13. The molecule has 0 fully saturated rings. The molecule has 0 bridgehead atoms. The molecule has 0 saturated heterocycles. The summed E-state index contributed by atoms with van der Waals surface area (Å²) in [5.41, 5.74) is 1.50. The van der Waals surface area contributed by atoms with Crippen molar-refractivity contribution in [2.24, 2.45) is 0 Å². The average Bonchev–Trinajstić information content (AvgIpc) is 2.54. The third-order valence-corrected chi connectivity index (χ3v) is 3.87. The largest absolute Gasteiger partial charge is 0.426 e. The van der Waals surface area contributed by atoms with Crippen LogP contribution < -0.4 is 11.3 Å². The number of benzene rings is 2. The molecule has 4 nitrogen and oxygen atoms in total. The number of halogens is 1. The Bertz CT molecular complexity index is 941. The average molecular weight is 328 g/mol. The third kappa shape index (κ3) is 3.12. The summed E-state index contributed by atoms with van der Waals surface area (Å²) in [6.07, 6.45) is 0.406. The Hall–Kier alpha value is -2.59. The molecule has 1 heterocycles. The van der Waals surface area contributed by atoms with Crippen LogP contribution in [-0.2, 0) is 6.42 Å². The first-order valence-corrected chi connectivity index (χ1v) is 7.49. The van der Waals surface area contributed by atoms with Crippen molar-refractivity contribution >= 4 is 11.6 Å². The Balaban J connectivity index is 2.15. The number of aromatic nitrogens is 1. The van der Waals surface area contributed by atoms with E-state index in [9.17, 15) is 9.59 Å². The Morgan fingerprint density at radius 2 is 1.65 bits per heavy atom. The molecule has 0 atom stereocenters. The normalized spacial score (nSPS) is 10.7. The van der Waals surface area contributed by atoms with Gasteiger partial charge in [0, 0.05) is 11.4 Å². The molecule has 0 saturated carbocycles. The van der Waals surface area contributed by atoms with Gasteiger partial charge in [0.15, 0.2) is 0 Å². The van der Waals surface area contributed by atoms with Crippen molar-refractivity contribution in [3.05, 3.63) is 97.4 Å². The molecule has 0 N–H and O–H groups in total. The van der Waals surface area contributed by atoms with Crippen LogP contribution >= 0.6 is 11.6 Å². The van der Waals surface area contributed by atoms with E-state index in [1.807, 2.05) is 30.3 Å². The second kappa shape index (κ2) is 6.26. The van der Waals surface area contributed by atoms with Crippen molar-refractivity contribution in [3.63, 3.8) is 0 Å². The molecule has 1 aromatic heterocycles. The lowest BCUT2D eigenvalue weighted by Gasteiger charge is -2.09. The van der Waals surface area contributed by atoms with Gasteiger partial charge in [0.1, 0.15) is 5.76 Å². The quantitative estimate of drug-likeness (QED) is 0.741. The topological polar surface area (TPSA) is 52.2 Å². The fourth-order valence-corrected chi connectivity index (χ4v) is 2.55. The maximum atomic E-state index is 12.8. The smallest absolute Gasteiger partial charge is 0.414 e. The minimum atomic E-state index is -0.702. The Morgan fingerprint density at radius 3 is 2.30 bits per heavy atom. The lowest BCUT2D eigenvalue weighted by Crippen LogP contribution is -2.34. The maximum absolute atomic E-state index is 12.8. The van der Waals surface area contributed by atoms with Crippen LogP contribution in [0.3, 0.4) is 0 Å². The van der Waals surface area contributed by atoms with Gasteiger partial charge in [0.05, 0.1) is 11.3 Å². The fourth-order valence-electron chi connectivity index (χ4n) is 2.42. The highest BCUT2D eigenvalue weighted by molar-refractivity contribution is 6.30. The van der Waals surface area contributed by atoms with E-state index in [-0.39, 0.29) is 5.56 Å². The van der Waals surface area contributed by atoms with Crippen LogP contribution in [0.15, 0.2) is 68.6 Å². The molecule has 0 aliphatic carbocycles. The Morgan fingerprint density at radius 1 is 1.00 bits per heavy atom. The molecule has 3 aromatic rings. The van der Waals surface area contributed by atoms with Gasteiger partial charge in [-0.2, -0.15) is 0 Å². The lowest BCUT2D eigenvalue weighted by molar-refractivity contribution is 0.425. The van der Waals surface area contributed by atoms with Gasteiger partial charge < -0.3 is 4.42 Å². The van der Waals surface area contributed by atoms with Gasteiger partial charge in [-0.15, -0.1) is 0 Å².